The Morgan fingerprint density at radius 2 is 2.11 bits per heavy atom. The van der Waals surface area contributed by atoms with E-state index in [0.29, 0.717) is 17.5 Å². The molecule has 0 aromatic carbocycles. The molecule has 1 aliphatic carbocycles. The third-order valence-electron chi connectivity index (χ3n) is 3.51. The lowest BCUT2D eigenvalue weighted by molar-refractivity contribution is 0.542. The zero-order valence-electron chi connectivity index (χ0n) is 10.4. The lowest BCUT2D eigenvalue weighted by Crippen LogP contribution is -2.11. The maximum Gasteiger partial charge on any atom is 0.251 e. The second-order valence-electron chi connectivity index (χ2n) is 4.91. The van der Waals surface area contributed by atoms with Gasteiger partial charge in [0.25, 0.3) is 5.56 Å². The number of hydrogen-bond donors (Lipinski definition) is 1. The highest BCUT2D eigenvalue weighted by molar-refractivity contribution is 5.47. The fourth-order valence-electron chi connectivity index (χ4n) is 2.59. The van der Waals surface area contributed by atoms with Gasteiger partial charge in [0.05, 0.1) is 5.69 Å². The van der Waals surface area contributed by atoms with Gasteiger partial charge in [-0.1, -0.05) is 12.8 Å². The molecule has 0 amide bonds. The van der Waals surface area contributed by atoms with Crippen LogP contribution in [-0.2, 0) is 0 Å². The number of H-pyrrole nitrogens is 1. The van der Waals surface area contributed by atoms with Crippen molar-refractivity contribution in [1.82, 2.24) is 9.97 Å². The van der Waals surface area contributed by atoms with Gasteiger partial charge in [0, 0.05) is 12.0 Å². The summed E-state index contributed by atoms with van der Waals surface area (Å²) in [4.78, 5) is 19.0. The molecule has 1 aliphatic rings. The van der Waals surface area contributed by atoms with Gasteiger partial charge in [-0.3, -0.25) is 4.79 Å². The SMILES string of the molecule is Cc1ccc(-c2nc(C3CCCC3)cc(=O)[nH]2)o1. The predicted octanol–water partition coefficient (Wildman–Crippen LogP) is 3.00. The number of aryl methyl sites for hydroxylation is 1. The van der Waals surface area contributed by atoms with Gasteiger partial charge in [0.1, 0.15) is 5.76 Å². The van der Waals surface area contributed by atoms with Gasteiger partial charge in [-0.2, -0.15) is 0 Å². The maximum atomic E-state index is 11.7. The summed E-state index contributed by atoms with van der Waals surface area (Å²) in [5.41, 5.74) is 0.802. The number of nitrogens with zero attached hydrogens (tertiary/aromatic N) is 1. The molecule has 0 radical (unpaired) electrons. The van der Waals surface area contributed by atoms with E-state index in [9.17, 15) is 4.79 Å². The van der Waals surface area contributed by atoms with E-state index in [2.05, 4.69) is 9.97 Å². The summed E-state index contributed by atoms with van der Waals surface area (Å²) >= 11 is 0. The molecule has 0 unspecified atom stereocenters. The first-order chi connectivity index (χ1) is 8.72. The van der Waals surface area contributed by atoms with Crippen molar-refractivity contribution in [2.45, 2.75) is 38.5 Å². The summed E-state index contributed by atoms with van der Waals surface area (Å²) in [6.07, 6.45) is 4.73. The minimum absolute atomic E-state index is 0.101. The fraction of sp³-hybridized carbons (Fsp3) is 0.429. The Labute approximate surface area is 105 Å². The molecule has 4 heteroatoms. The van der Waals surface area contributed by atoms with Crippen molar-refractivity contribution in [3.05, 3.63) is 40.0 Å². The molecule has 0 saturated heterocycles. The molecule has 18 heavy (non-hydrogen) atoms. The highest BCUT2D eigenvalue weighted by Crippen LogP contribution is 2.33. The number of hydrogen-bond acceptors (Lipinski definition) is 3. The van der Waals surface area contributed by atoms with Crippen LogP contribution in [0.2, 0.25) is 0 Å². The number of nitrogens with one attached hydrogen (secondary N) is 1. The van der Waals surface area contributed by atoms with Crippen LogP contribution in [0.5, 0.6) is 0 Å². The van der Waals surface area contributed by atoms with Crippen molar-refractivity contribution in [3.63, 3.8) is 0 Å². The Morgan fingerprint density at radius 3 is 2.78 bits per heavy atom. The molecule has 1 fully saturated rings. The minimum atomic E-state index is -0.101. The first kappa shape index (κ1) is 11.3. The second kappa shape index (κ2) is 4.44. The van der Waals surface area contributed by atoms with E-state index in [-0.39, 0.29) is 5.56 Å². The van der Waals surface area contributed by atoms with Crippen molar-refractivity contribution in [2.75, 3.05) is 0 Å². The van der Waals surface area contributed by atoms with Crippen molar-refractivity contribution in [3.8, 4) is 11.6 Å². The van der Waals surface area contributed by atoms with E-state index in [0.717, 1.165) is 24.3 Å². The maximum absolute atomic E-state index is 11.7. The third kappa shape index (κ3) is 2.10. The van der Waals surface area contributed by atoms with E-state index in [4.69, 9.17) is 4.42 Å². The van der Waals surface area contributed by atoms with Crippen LogP contribution in [0.25, 0.3) is 11.6 Å². The quantitative estimate of drug-likeness (QED) is 0.883. The van der Waals surface area contributed by atoms with E-state index >= 15 is 0 Å². The van der Waals surface area contributed by atoms with Gasteiger partial charge in [0.15, 0.2) is 11.6 Å². The number of furan rings is 1. The molecule has 2 heterocycles. The monoisotopic (exact) mass is 244 g/mol. The van der Waals surface area contributed by atoms with Crippen LogP contribution in [0.4, 0.5) is 0 Å². The zero-order chi connectivity index (χ0) is 12.5. The molecule has 0 aliphatic heterocycles. The van der Waals surface area contributed by atoms with Gasteiger partial charge in [-0.25, -0.2) is 4.98 Å². The van der Waals surface area contributed by atoms with Gasteiger partial charge in [-0.05, 0) is 31.9 Å². The van der Waals surface area contributed by atoms with E-state index in [1.807, 2.05) is 19.1 Å². The molecule has 4 nitrogen and oxygen atoms in total. The fourth-order valence-corrected chi connectivity index (χ4v) is 2.59. The standard InChI is InChI=1S/C14H16N2O2/c1-9-6-7-12(18-9)14-15-11(8-13(17)16-14)10-4-2-3-5-10/h6-8,10H,2-5H2,1H3,(H,15,16,17). The average molecular weight is 244 g/mol. The van der Waals surface area contributed by atoms with Crippen LogP contribution in [-0.4, -0.2) is 9.97 Å². The summed E-state index contributed by atoms with van der Waals surface area (Å²) in [7, 11) is 0. The van der Waals surface area contributed by atoms with Crippen molar-refractivity contribution in [2.24, 2.45) is 0 Å². The average Bonchev–Trinajstić information content (AvgIpc) is 2.98. The van der Waals surface area contributed by atoms with Crippen LogP contribution in [0.1, 0.15) is 43.1 Å². The summed E-state index contributed by atoms with van der Waals surface area (Å²) in [5.74, 6) is 2.42. The van der Waals surface area contributed by atoms with Crippen molar-refractivity contribution < 1.29 is 4.42 Å². The summed E-state index contributed by atoms with van der Waals surface area (Å²) in [6.45, 7) is 1.88. The number of aromatic nitrogens is 2. The minimum Gasteiger partial charge on any atom is -0.458 e. The lowest BCUT2D eigenvalue weighted by atomic mass is 10.0. The highest BCUT2D eigenvalue weighted by atomic mass is 16.3. The number of rotatable bonds is 2. The summed E-state index contributed by atoms with van der Waals surface area (Å²) in [5, 5.41) is 0. The first-order valence-electron chi connectivity index (χ1n) is 6.40. The molecule has 0 atom stereocenters. The van der Waals surface area contributed by atoms with Gasteiger partial charge < -0.3 is 9.40 Å². The van der Waals surface area contributed by atoms with Crippen LogP contribution in [0.3, 0.4) is 0 Å². The van der Waals surface area contributed by atoms with E-state index in [1.165, 1.54) is 12.8 Å². The Balaban J connectivity index is 2.02. The molecular weight excluding hydrogens is 228 g/mol. The number of aromatic amines is 1. The molecular formula is C14H16N2O2. The van der Waals surface area contributed by atoms with Crippen molar-refractivity contribution >= 4 is 0 Å². The molecule has 3 rings (SSSR count). The smallest absolute Gasteiger partial charge is 0.251 e. The Bertz CT molecular complexity index is 606. The third-order valence-corrected chi connectivity index (χ3v) is 3.51. The van der Waals surface area contributed by atoms with E-state index in [1.54, 1.807) is 6.07 Å². The zero-order valence-corrected chi connectivity index (χ0v) is 10.4. The Morgan fingerprint density at radius 1 is 1.33 bits per heavy atom. The van der Waals surface area contributed by atoms with Gasteiger partial charge in [-0.15, -0.1) is 0 Å². The molecule has 2 aromatic heterocycles. The van der Waals surface area contributed by atoms with Crippen LogP contribution in [0, 0.1) is 6.92 Å². The van der Waals surface area contributed by atoms with Crippen LogP contribution in [0.15, 0.2) is 27.4 Å². The van der Waals surface area contributed by atoms with Gasteiger partial charge in [0.2, 0.25) is 0 Å². The summed E-state index contributed by atoms with van der Waals surface area (Å²) in [6, 6.07) is 5.33. The Hall–Kier alpha value is -1.84. The molecule has 1 saturated carbocycles. The van der Waals surface area contributed by atoms with Crippen LogP contribution < -0.4 is 5.56 Å². The first-order valence-corrected chi connectivity index (χ1v) is 6.40. The van der Waals surface area contributed by atoms with Crippen LogP contribution >= 0.6 is 0 Å². The highest BCUT2D eigenvalue weighted by Gasteiger charge is 2.20. The molecule has 1 N–H and O–H groups in total. The Kier molecular flexibility index (Phi) is 2.78. The molecule has 2 aromatic rings. The predicted molar refractivity (Wildman–Crippen MR) is 68.5 cm³/mol. The van der Waals surface area contributed by atoms with Gasteiger partial charge >= 0.3 is 0 Å². The second-order valence-corrected chi connectivity index (χ2v) is 4.91. The molecule has 94 valence electrons. The molecule has 0 bridgehead atoms. The largest absolute Gasteiger partial charge is 0.458 e. The topological polar surface area (TPSA) is 58.9 Å². The molecule has 0 spiro atoms. The van der Waals surface area contributed by atoms with E-state index < -0.39 is 0 Å². The normalized spacial score (nSPS) is 16.3. The van der Waals surface area contributed by atoms with Crippen molar-refractivity contribution in [1.29, 1.82) is 0 Å². The lowest BCUT2D eigenvalue weighted by Gasteiger charge is -2.08. The summed E-state index contributed by atoms with van der Waals surface area (Å²) < 4.78 is 5.51.